The maximum Gasteiger partial charge on any atom is 0.0468 e. The molecular formula is C9H21NO. The highest BCUT2D eigenvalue weighted by Gasteiger charge is 2.07. The average molecular weight is 159 g/mol. The molecule has 0 aromatic heterocycles. The minimum Gasteiger partial charge on any atom is -0.396 e. The third kappa shape index (κ3) is 5.22. The van der Waals surface area contributed by atoms with E-state index >= 15 is 0 Å². The summed E-state index contributed by atoms with van der Waals surface area (Å²) in [5, 5.41) is 12.1. The zero-order chi connectivity index (χ0) is 8.85. The predicted octanol–water partition coefficient (Wildman–Crippen LogP) is 1.25. The monoisotopic (exact) mass is 159 g/mol. The second-order valence-electron chi connectivity index (χ2n) is 3.73. The Balaban J connectivity index is 3.37. The third-order valence-corrected chi connectivity index (χ3v) is 2.10. The lowest BCUT2D eigenvalue weighted by atomic mass is 10.1. The third-order valence-electron chi connectivity index (χ3n) is 2.10. The predicted molar refractivity (Wildman–Crippen MR) is 48.6 cm³/mol. The van der Waals surface area contributed by atoms with Crippen molar-refractivity contribution in [1.82, 2.24) is 5.32 Å². The summed E-state index contributed by atoms with van der Waals surface area (Å²) < 4.78 is 0. The molecule has 0 spiro atoms. The van der Waals surface area contributed by atoms with E-state index in [1.54, 1.807) is 0 Å². The number of hydrogen-bond donors (Lipinski definition) is 2. The molecule has 0 radical (unpaired) electrons. The smallest absolute Gasteiger partial charge is 0.0468 e. The standard InChI is InChI=1S/C9H21NO/c1-7(2)9(4)10-5-8(3)6-11/h7-11H,5-6H2,1-4H3. The van der Waals surface area contributed by atoms with Crippen LogP contribution in [-0.4, -0.2) is 24.3 Å². The van der Waals surface area contributed by atoms with Crippen LogP contribution in [0, 0.1) is 11.8 Å². The van der Waals surface area contributed by atoms with E-state index in [2.05, 4.69) is 26.1 Å². The first kappa shape index (κ1) is 10.9. The minimum atomic E-state index is 0.276. The number of hydrogen-bond acceptors (Lipinski definition) is 2. The maximum atomic E-state index is 8.75. The first-order valence-corrected chi connectivity index (χ1v) is 4.42. The molecule has 11 heavy (non-hydrogen) atoms. The maximum absolute atomic E-state index is 8.75. The van der Waals surface area contributed by atoms with Crippen LogP contribution in [0.3, 0.4) is 0 Å². The molecule has 0 rings (SSSR count). The SMILES string of the molecule is CC(CO)CNC(C)C(C)C. The van der Waals surface area contributed by atoms with Gasteiger partial charge in [0.1, 0.15) is 0 Å². The Labute approximate surface area is 70.0 Å². The van der Waals surface area contributed by atoms with Crippen molar-refractivity contribution in [3.63, 3.8) is 0 Å². The van der Waals surface area contributed by atoms with Gasteiger partial charge in [0.15, 0.2) is 0 Å². The number of aliphatic hydroxyl groups excluding tert-OH is 1. The van der Waals surface area contributed by atoms with Gasteiger partial charge in [-0.1, -0.05) is 20.8 Å². The van der Waals surface area contributed by atoms with Crippen molar-refractivity contribution in [2.45, 2.75) is 33.7 Å². The number of aliphatic hydroxyl groups is 1. The van der Waals surface area contributed by atoms with Crippen LogP contribution in [0.15, 0.2) is 0 Å². The van der Waals surface area contributed by atoms with Gasteiger partial charge in [-0.2, -0.15) is 0 Å². The van der Waals surface area contributed by atoms with E-state index in [1.807, 2.05) is 6.92 Å². The van der Waals surface area contributed by atoms with Gasteiger partial charge in [-0.3, -0.25) is 0 Å². The van der Waals surface area contributed by atoms with Gasteiger partial charge in [-0.05, 0) is 18.8 Å². The normalized spacial score (nSPS) is 16.9. The Morgan fingerprint density at radius 3 is 2.09 bits per heavy atom. The summed E-state index contributed by atoms with van der Waals surface area (Å²) in [7, 11) is 0. The molecule has 2 nitrogen and oxygen atoms in total. The van der Waals surface area contributed by atoms with Crippen molar-refractivity contribution in [2.75, 3.05) is 13.2 Å². The second kappa shape index (κ2) is 5.56. The lowest BCUT2D eigenvalue weighted by Crippen LogP contribution is -2.34. The molecule has 0 fully saturated rings. The van der Waals surface area contributed by atoms with Gasteiger partial charge < -0.3 is 10.4 Å². The lowest BCUT2D eigenvalue weighted by Gasteiger charge is -2.19. The molecular weight excluding hydrogens is 138 g/mol. The van der Waals surface area contributed by atoms with Gasteiger partial charge in [-0.15, -0.1) is 0 Å². The summed E-state index contributed by atoms with van der Waals surface area (Å²) in [6, 6.07) is 0.545. The molecule has 0 bridgehead atoms. The van der Waals surface area contributed by atoms with Crippen molar-refractivity contribution in [3.8, 4) is 0 Å². The molecule has 0 heterocycles. The van der Waals surface area contributed by atoms with Gasteiger partial charge in [-0.25, -0.2) is 0 Å². The van der Waals surface area contributed by atoms with Crippen molar-refractivity contribution in [1.29, 1.82) is 0 Å². The Hall–Kier alpha value is -0.0800. The van der Waals surface area contributed by atoms with Gasteiger partial charge in [0.05, 0.1) is 0 Å². The van der Waals surface area contributed by atoms with Gasteiger partial charge in [0, 0.05) is 19.2 Å². The molecule has 0 aliphatic carbocycles. The molecule has 0 aliphatic rings. The van der Waals surface area contributed by atoms with Gasteiger partial charge in [0.25, 0.3) is 0 Å². The highest BCUT2D eigenvalue weighted by Crippen LogP contribution is 2.00. The number of rotatable bonds is 5. The van der Waals surface area contributed by atoms with E-state index in [0.29, 0.717) is 17.9 Å². The van der Waals surface area contributed by atoms with E-state index in [9.17, 15) is 0 Å². The summed E-state index contributed by atoms with van der Waals surface area (Å²) >= 11 is 0. The fourth-order valence-electron chi connectivity index (χ4n) is 0.687. The van der Waals surface area contributed by atoms with Crippen LogP contribution in [0.25, 0.3) is 0 Å². The van der Waals surface area contributed by atoms with E-state index in [1.165, 1.54) is 0 Å². The van der Waals surface area contributed by atoms with Gasteiger partial charge >= 0.3 is 0 Å². The minimum absolute atomic E-state index is 0.276. The van der Waals surface area contributed by atoms with E-state index in [4.69, 9.17) is 5.11 Å². The van der Waals surface area contributed by atoms with E-state index < -0.39 is 0 Å². The first-order valence-electron chi connectivity index (χ1n) is 4.42. The Kier molecular flexibility index (Phi) is 5.51. The highest BCUT2D eigenvalue weighted by atomic mass is 16.3. The van der Waals surface area contributed by atoms with E-state index in [-0.39, 0.29) is 6.61 Å². The fourth-order valence-corrected chi connectivity index (χ4v) is 0.687. The molecule has 0 aliphatic heterocycles. The van der Waals surface area contributed by atoms with Crippen molar-refractivity contribution < 1.29 is 5.11 Å². The fraction of sp³-hybridized carbons (Fsp3) is 1.00. The Morgan fingerprint density at radius 1 is 1.18 bits per heavy atom. The summed E-state index contributed by atoms with van der Waals surface area (Å²) in [6.07, 6.45) is 0. The second-order valence-corrected chi connectivity index (χ2v) is 3.73. The largest absolute Gasteiger partial charge is 0.396 e. The molecule has 2 unspecified atom stereocenters. The zero-order valence-electron chi connectivity index (χ0n) is 8.09. The lowest BCUT2D eigenvalue weighted by molar-refractivity contribution is 0.227. The molecule has 0 aromatic carbocycles. The number of nitrogens with one attached hydrogen (secondary N) is 1. The molecule has 0 aromatic rings. The quantitative estimate of drug-likeness (QED) is 0.633. The van der Waals surface area contributed by atoms with Crippen LogP contribution in [0.4, 0.5) is 0 Å². The topological polar surface area (TPSA) is 32.3 Å². The van der Waals surface area contributed by atoms with Crippen LogP contribution in [0.2, 0.25) is 0 Å². The van der Waals surface area contributed by atoms with E-state index in [0.717, 1.165) is 6.54 Å². The van der Waals surface area contributed by atoms with Gasteiger partial charge in [0.2, 0.25) is 0 Å². The molecule has 2 heteroatoms. The summed E-state index contributed by atoms with van der Waals surface area (Å²) in [4.78, 5) is 0. The average Bonchev–Trinajstić information content (AvgIpc) is 1.99. The molecule has 0 saturated carbocycles. The van der Waals surface area contributed by atoms with Crippen molar-refractivity contribution >= 4 is 0 Å². The Morgan fingerprint density at radius 2 is 1.73 bits per heavy atom. The summed E-state index contributed by atoms with van der Waals surface area (Å²) in [5.74, 6) is 1.04. The van der Waals surface area contributed by atoms with Crippen LogP contribution in [-0.2, 0) is 0 Å². The first-order chi connectivity index (χ1) is 5.07. The molecule has 2 atom stereocenters. The molecule has 0 saturated heterocycles. The summed E-state index contributed by atoms with van der Waals surface area (Å²) in [5.41, 5.74) is 0. The highest BCUT2D eigenvalue weighted by molar-refractivity contribution is 4.65. The van der Waals surface area contributed by atoms with Crippen molar-refractivity contribution in [3.05, 3.63) is 0 Å². The molecule has 0 amide bonds. The van der Waals surface area contributed by atoms with Crippen LogP contribution >= 0.6 is 0 Å². The molecule has 2 N–H and O–H groups in total. The Bertz CT molecular complexity index is 93.6. The van der Waals surface area contributed by atoms with Crippen LogP contribution in [0.1, 0.15) is 27.7 Å². The van der Waals surface area contributed by atoms with Crippen LogP contribution < -0.4 is 5.32 Å². The van der Waals surface area contributed by atoms with Crippen molar-refractivity contribution in [2.24, 2.45) is 11.8 Å². The van der Waals surface area contributed by atoms with Crippen LogP contribution in [0.5, 0.6) is 0 Å². The zero-order valence-corrected chi connectivity index (χ0v) is 8.09. The molecule has 68 valence electrons. The summed E-state index contributed by atoms with van der Waals surface area (Å²) in [6.45, 7) is 9.80.